The molecule has 0 spiro atoms. The van der Waals surface area contributed by atoms with Crippen LogP contribution in [0.25, 0.3) is 0 Å². The number of nitrogens with zero attached hydrogens (tertiary/aromatic N) is 1. The minimum absolute atomic E-state index is 0. The van der Waals surface area contributed by atoms with Gasteiger partial charge in [-0.3, -0.25) is 9.69 Å². The summed E-state index contributed by atoms with van der Waals surface area (Å²) in [6, 6.07) is 0. The Morgan fingerprint density at radius 1 is 0.955 bits per heavy atom. The van der Waals surface area contributed by atoms with Crippen LogP contribution < -0.4 is 41.0 Å². The molecule has 0 saturated carbocycles. The van der Waals surface area contributed by atoms with Crippen molar-refractivity contribution in [3.05, 3.63) is 0 Å². The van der Waals surface area contributed by atoms with Crippen molar-refractivity contribution in [1.29, 1.82) is 0 Å². The van der Waals surface area contributed by atoms with Gasteiger partial charge in [0.25, 0.3) is 0 Å². The van der Waals surface area contributed by atoms with E-state index in [-0.39, 0.29) is 36.1 Å². The fraction of sp³-hybridized carbons (Fsp3) is 0.938. The van der Waals surface area contributed by atoms with Crippen molar-refractivity contribution in [1.82, 2.24) is 4.90 Å². The Kier molecular flexibility index (Phi) is 16.7. The molecule has 126 valence electrons. The van der Waals surface area contributed by atoms with Crippen LogP contribution in [0, 0.1) is 0 Å². The summed E-state index contributed by atoms with van der Waals surface area (Å²) < 4.78 is 0. The number of hydrogen-bond acceptors (Lipinski definition) is 4. The number of carboxylic acids is 1. The SMILES string of the molecule is CCCCCCCCCCCCN(CC(=O)O)C(C)(N)N.[Na+]. The van der Waals surface area contributed by atoms with E-state index >= 15 is 0 Å². The number of aliphatic carboxylic acids is 1. The van der Waals surface area contributed by atoms with E-state index in [1.165, 1.54) is 51.4 Å². The van der Waals surface area contributed by atoms with Crippen molar-refractivity contribution in [2.45, 2.75) is 83.8 Å². The number of hydrogen-bond donors (Lipinski definition) is 3. The fourth-order valence-electron chi connectivity index (χ4n) is 2.44. The molecule has 0 bridgehead atoms. The molecule has 5 N–H and O–H groups in total. The first kappa shape index (κ1) is 24.6. The van der Waals surface area contributed by atoms with Gasteiger partial charge in [0, 0.05) is 6.54 Å². The normalized spacial score (nSPS) is 11.5. The first-order valence-electron chi connectivity index (χ1n) is 8.42. The van der Waals surface area contributed by atoms with Crippen molar-refractivity contribution in [2.24, 2.45) is 11.5 Å². The molecule has 5 nitrogen and oxygen atoms in total. The predicted octanol–water partition coefficient (Wildman–Crippen LogP) is -0.111. The van der Waals surface area contributed by atoms with E-state index in [4.69, 9.17) is 16.6 Å². The smallest absolute Gasteiger partial charge is 0.480 e. The van der Waals surface area contributed by atoms with Crippen LogP contribution in [-0.4, -0.2) is 34.9 Å². The molecule has 0 aromatic carbocycles. The van der Waals surface area contributed by atoms with Crippen molar-refractivity contribution >= 4 is 5.97 Å². The fourth-order valence-corrected chi connectivity index (χ4v) is 2.44. The maximum Gasteiger partial charge on any atom is 1.00 e. The molecule has 0 aromatic rings. The summed E-state index contributed by atoms with van der Waals surface area (Å²) in [6.45, 7) is 4.43. The molecule has 0 aliphatic carbocycles. The number of rotatable bonds is 14. The van der Waals surface area contributed by atoms with Gasteiger partial charge >= 0.3 is 35.5 Å². The van der Waals surface area contributed by atoms with E-state index in [0.29, 0.717) is 6.54 Å². The summed E-state index contributed by atoms with van der Waals surface area (Å²) in [7, 11) is 0. The average molecular weight is 324 g/mol. The Morgan fingerprint density at radius 2 is 1.36 bits per heavy atom. The Bertz CT molecular complexity index is 271. The van der Waals surface area contributed by atoms with Crippen LogP contribution in [-0.2, 0) is 4.79 Å². The minimum Gasteiger partial charge on any atom is -0.480 e. The molecule has 0 rings (SSSR count). The maximum absolute atomic E-state index is 10.8. The van der Waals surface area contributed by atoms with Crippen LogP contribution in [0.15, 0.2) is 0 Å². The molecular formula is C16H35N3NaO2+. The maximum atomic E-state index is 10.8. The molecule has 0 aliphatic rings. The zero-order chi connectivity index (χ0) is 16.1. The third-order valence-electron chi connectivity index (χ3n) is 3.79. The monoisotopic (exact) mass is 324 g/mol. The second-order valence-electron chi connectivity index (χ2n) is 6.22. The molecule has 0 atom stereocenters. The molecule has 22 heavy (non-hydrogen) atoms. The Hall–Kier alpha value is 0.350. The van der Waals surface area contributed by atoms with Gasteiger partial charge in [-0.2, -0.15) is 0 Å². The third kappa shape index (κ3) is 15.3. The van der Waals surface area contributed by atoms with E-state index < -0.39 is 11.8 Å². The standard InChI is InChI=1S/C16H35N3O2.Na/c1-3-4-5-6-7-8-9-10-11-12-13-19(14-15(20)21)16(2,17)18;/h3-14,17-18H2,1-2H3,(H,20,21);/q;+1. The second kappa shape index (κ2) is 14.9. The molecule has 0 heterocycles. The summed E-state index contributed by atoms with van der Waals surface area (Å²) in [4.78, 5) is 12.4. The molecule has 0 unspecified atom stereocenters. The summed E-state index contributed by atoms with van der Waals surface area (Å²) >= 11 is 0. The van der Waals surface area contributed by atoms with Gasteiger partial charge in [-0.25, -0.2) is 0 Å². The quantitative estimate of drug-likeness (QED) is 0.235. The van der Waals surface area contributed by atoms with Crippen LogP contribution in [0.2, 0.25) is 0 Å². The first-order valence-corrected chi connectivity index (χ1v) is 8.42. The average Bonchev–Trinajstić information content (AvgIpc) is 2.38. The van der Waals surface area contributed by atoms with Gasteiger partial charge in [0.2, 0.25) is 0 Å². The van der Waals surface area contributed by atoms with Crippen LogP contribution in [0.1, 0.15) is 78.1 Å². The van der Waals surface area contributed by atoms with E-state index in [1.54, 1.807) is 11.8 Å². The van der Waals surface area contributed by atoms with Gasteiger partial charge in [-0.1, -0.05) is 64.7 Å². The zero-order valence-corrected chi connectivity index (χ0v) is 16.9. The summed E-state index contributed by atoms with van der Waals surface area (Å²) in [5, 5.41) is 8.86. The van der Waals surface area contributed by atoms with Crippen LogP contribution in [0.3, 0.4) is 0 Å². The van der Waals surface area contributed by atoms with Gasteiger partial charge in [-0.05, 0) is 13.3 Å². The van der Waals surface area contributed by atoms with Gasteiger partial charge in [0.15, 0.2) is 0 Å². The summed E-state index contributed by atoms with van der Waals surface area (Å²) in [5.74, 6) is -1.94. The van der Waals surface area contributed by atoms with Crippen molar-refractivity contribution in [2.75, 3.05) is 13.1 Å². The van der Waals surface area contributed by atoms with Gasteiger partial charge in [0.1, 0.15) is 5.79 Å². The molecule has 0 aromatic heterocycles. The number of carbonyl (C=O) groups is 1. The molecule has 0 aliphatic heterocycles. The molecule has 0 fully saturated rings. The number of nitrogens with two attached hydrogens (primary N) is 2. The summed E-state index contributed by atoms with van der Waals surface area (Å²) in [6.07, 6.45) is 12.6. The molecule has 0 radical (unpaired) electrons. The zero-order valence-electron chi connectivity index (χ0n) is 14.9. The number of unbranched alkanes of at least 4 members (excludes halogenated alkanes) is 9. The molecule has 0 saturated heterocycles. The third-order valence-corrected chi connectivity index (χ3v) is 3.79. The largest absolute Gasteiger partial charge is 1.00 e. The van der Waals surface area contributed by atoms with Crippen LogP contribution >= 0.6 is 0 Å². The van der Waals surface area contributed by atoms with Crippen molar-refractivity contribution < 1.29 is 39.5 Å². The van der Waals surface area contributed by atoms with Gasteiger partial charge < -0.3 is 16.6 Å². The topological polar surface area (TPSA) is 92.6 Å². The number of carboxylic acid groups (broad SMARTS) is 1. The van der Waals surface area contributed by atoms with Gasteiger partial charge in [-0.15, -0.1) is 0 Å². The molecular weight excluding hydrogens is 289 g/mol. The van der Waals surface area contributed by atoms with Gasteiger partial charge in [0.05, 0.1) is 6.54 Å². The first-order chi connectivity index (χ1) is 9.88. The second-order valence-corrected chi connectivity index (χ2v) is 6.22. The Balaban J connectivity index is 0. The van der Waals surface area contributed by atoms with Crippen LogP contribution in [0.4, 0.5) is 0 Å². The van der Waals surface area contributed by atoms with E-state index in [0.717, 1.165) is 12.8 Å². The molecule has 0 amide bonds. The molecule has 6 heteroatoms. The van der Waals surface area contributed by atoms with E-state index in [1.807, 2.05) is 0 Å². The Morgan fingerprint density at radius 3 is 1.73 bits per heavy atom. The predicted molar refractivity (Wildman–Crippen MR) is 87.8 cm³/mol. The van der Waals surface area contributed by atoms with E-state index in [2.05, 4.69) is 6.92 Å². The minimum atomic E-state index is -1.06. The van der Waals surface area contributed by atoms with Crippen molar-refractivity contribution in [3.8, 4) is 0 Å². The van der Waals surface area contributed by atoms with Crippen molar-refractivity contribution in [3.63, 3.8) is 0 Å². The van der Waals surface area contributed by atoms with Crippen LogP contribution in [0.5, 0.6) is 0 Å². The Labute approximate surface area is 158 Å². The summed E-state index contributed by atoms with van der Waals surface area (Å²) in [5.41, 5.74) is 11.6. The van der Waals surface area contributed by atoms with E-state index in [9.17, 15) is 4.79 Å².